The number of anilines is 1. The van der Waals surface area contributed by atoms with Crippen molar-refractivity contribution < 1.29 is 9.53 Å². The first kappa shape index (κ1) is 22.9. The van der Waals surface area contributed by atoms with Crippen LogP contribution >= 0.6 is 23.4 Å². The number of rotatable bonds is 9. The van der Waals surface area contributed by atoms with Gasteiger partial charge in [0.25, 0.3) is 0 Å². The molecule has 0 unspecified atom stereocenters. The van der Waals surface area contributed by atoms with Gasteiger partial charge in [-0.15, -0.1) is 16.8 Å². The van der Waals surface area contributed by atoms with Gasteiger partial charge in [-0.3, -0.25) is 9.36 Å². The quantitative estimate of drug-likeness (QED) is 0.347. The Morgan fingerprint density at radius 1 is 1.16 bits per heavy atom. The molecule has 0 aliphatic heterocycles. The maximum absolute atomic E-state index is 12.4. The van der Waals surface area contributed by atoms with Crippen molar-refractivity contribution in [2.45, 2.75) is 39.1 Å². The zero-order valence-electron chi connectivity index (χ0n) is 17.8. The fourth-order valence-corrected chi connectivity index (χ4v) is 3.90. The summed E-state index contributed by atoms with van der Waals surface area (Å²) in [4.78, 5) is 12.4. The number of aromatic nitrogens is 3. The lowest BCUT2D eigenvalue weighted by molar-refractivity contribution is -0.113. The molecule has 0 fully saturated rings. The summed E-state index contributed by atoms with van der Waals surface area (Å²) in [7, 11) is 0. The highest BCUT2D eigenvalue weighted by molar-refractivity contribution is 7.99. The van der Waals surface area contributed by atoms with Gasteiger partial charge in [0.05, 0.1) is 5.75 Å². The lowest BCUT2D eigenvalue weighted by Gasteiger charge is -2.11. The summed E-state index contributed by atoms with van der Waals surface area (Å²) >= 11 is 7.33. The van der Waals surface area contributed by atoms with Crippen LogP contribution < -0.4 is 10.1 Å². The Kier molecular flexibility index (Phi) is 7.76. The van der Waals surface area contributed by atoms with E-state index in [1.54, 1.807) is 12.1 Å². The number of carbonyl (C=O) groups excluding carboxylic acids is 1. The van der Waals surface area contributed by atoms with Gasteiger partial charge in [0.1, 0.15) is 12.4 Å². The Balaban J connectivity index is 1.63. The number of benzene rings is 2. The molecule has 31 heavy (non-hydrogen) atoms. The van der Waals surface area contributed by atoms with Crippen molar-refractivity contribution in [2.75, 3.05) is 11.1 Å². The Labute approximate surface area is 191 Å². The number of amides is 1. The second kappa shape index (κ2) is 10.5. The van der Waals surface area contributed by atoms with Gasteiger partial charge < -0.3 is 10.1 Å². The molecule has 162 valence electrons. The molecule has 0 aliphatic carbocycles. The summed E-state index contributed by atoms with van der Waals surface area (Å²) in [6, 6.07) is 11.3. The fraction of sp³-hybridized carbons (Fsp3) is 0.261. The van der Waals surface area contributed by atoms with Crippen molar-refractivity contribution in [3.63, 3.8) is 0 Å². The molecule has 0 saturated heterocycles. The first-order chi connectivity index (χ1) is 14.9. The number of hydrogen-bond donors (Lipinski definition) is 1. The predicted octanol–water partition coefficient (Wildman–Crippen LogP) is 5.35. The molecule has 2 aromatic carbocycles. The van der Waals surface area contributed by atoms with Gasteiger partial charge in [0.2, 0.25) is 5.91 Å². The minimum atomic E-state index is -0.101. The topological polar surface area (TPSA) is 69.0 Å². The SMILES string of the molecule is C=CCn1c(COc2ccc(Cl)cc2C)nnc1SCC(=O)Nc1ccc(C)c(C)c1. The van der Waals surface area contributed by atoms with Gasteiger partial charge in [0.15, 0.2) is 11.0 Å². The molecule has 0 saturated carbocycles. The third-order valence-corrected chi connectivity index (χ3v) is 5.92. The number of nitrogens with one attached hydrogen (secondary N) is 1. The zero-order valence-corrected chi connectivity index (χ0v) is 19.4. The highest BCUT2D eigenvalue weighted by Gasteiger charge is 2.15. The standard InChI is InChI=1S/C23H25ClN4O2S/c1-5-10-28-21(13-30-20-9-7-18(24)11-17(20)4)26-27-23(28)31-14-22(29)25-19-8-6-15(2)16(3)12-19/h5-9,11-12H,1,10,13-14H2,2-4H3,(H,25,29). The largest absolute Gasteiger partial charge is 0.485 e. The summed E-state index contributed by atoms with van der Waals surface area (Å²) in [5, 5.41) is 12.7. The normalized spacial score (nSPS) is 10.7. The van der Waals surface area contributed by atoms with E-state index in [0.29, 0.717) is 22.5 Å². The molecule has 0 spiro atoms. The molecule has 0 atom stereocenters. The van der Waals surface area contributed by atoms with E-state index in [1.807, 2.05) is 55.7 Å². The second-order valence-electron chi connectivity index (χ2n) is 7.13. The summed E-state index contributed by atoms with van der Waals surface area (Å²) in [5.74, 6) is 1.51. The van der Waals surface area contributed by atoms with Gasteiger partial charge in [-0.25, -0.2) is 0 Å². The van der Waals surface area contributed by atoms with Crippen molar-refractivity contribution in [3.8, 4) is 5.75 Å². The number of halogens is 1. The third kappa shape index (κ3) is 6.12. The zero-order chi connectivity index (χ0) is 22.4. The Bertz CT molecular complexity index is 1100. The highest BCUT2D eigenvalue weighted by atomic mass is 35.5. The van der Waals surface area contributed by atoms with E-state index >= 15 is 0 Å². The number of aryl methyl sites for hydroxylation is 3. The molecule has 8 heteroatoms. The summed E-state index contributed by atoms with van der Waals surface area (Å²) in [5.41, 5.74) is 4.05. The second-order valence-corrected chi connectivity index (χ2v) is 8.51. The molecule has 0 aliphatic rings. The van der Waals surface area contributed by atoms with Crippen molar-refractivity contribution in [3.05, 3.63) is 76.6 Å². The van der Waals surface area contributed by atoms with E-state index in [4.69, 9.17) is 16.3 Å². The van der Waals surface area contributed by atoms with Gasteiger partial charge in [-0.2, -0.15) is 0 Å². The maximum Gasteiger partial charge on any atom is 0.234 e. The van der Waals surface area contributed by atoms with Gasteiger partial charge >= 0.3 is 0 Å². The van der Waals surface area contributed by atoms with Crippen LogP contribution in [0, 0.1) is 20.8 Å². The van der Waals surface area contributed by atoms with Crippen LogP contribution in [0.1, 0.15) is 22.5 Å². The van der Waals surface area contributed by atoms with Crippen molar-refractivity contribution >= 4 is 35.0 Å². The summed E-state index contributed by atoms with van der Waals surface area (Å²) < 4.78 is 7.79. The molecule has 6 nitrogen and oxygen atoms in total. The van der Waals surface area contributed by atoms with Crippen LogP contribution in [-0.4, -0.2) is 26.4 Å². The molecule has 0 radical (unpaired) electrons. The van der Waals surface area contributed by atoms with Gasteiger partial charge in [0, 0.05) is 17.3 Å². The van der Waals surface area contributed by atoms with Gasteiger partial charge in [-0.1, -0.05) is 35.5 Å². The number of nitrogens with zero attached hydrogens (tertiary/aromatic N) is 3. The average molecular weight is 457 g/mol. The van der Waals surface area contributed by atoms with Crippen molar-refractivity contribution in [2.24, 2.45) is 0 Å². The van der Waals surface area contributed by atoms with E-state index in [0.717, 1.165) is 22.6 Å². The summed E-state index contributed by atoms with van der Waals surface area (Å²) in [6.07, 6.45) is 1.76. The van der Waals surface area contributed by atoms with Crippen LogP contribution in [-0.2, 0) is 17.9 Å². The monoisotopic (exact) mass is 456 g/mol. The predicted molar refractivity (Wildman–Crippen MR) is 126 cm³/mol. The smallest absolute Gasteiger partial charge is 0.234 e. The third-order valence-electron chi connectivity index (χ3n) is 4.72. The van der Waals surface area contributed by atoms with Crippen LogP contribution in [0.5, 0.6) is 5.75 Å². The highest BCUT2D eigenvalue weighted by Crippen LogP contribution is 2.24. The van der Waals surface area contributed by atoms with E-state index < -0.39 is 0 Å². The van der Waals surface area contributed by atoms with Crippen molar-refractivity contribution in [1.82, 2.24) is 14.8 Å². The number of hydrogen-bond acceptors (Lipinski definition) is 5. The fourth-order valence-electron chi connectivity index (χ4n) is 2.91. The minimum absolute atomic E-state index is 0.101. The van der Waals surface area contributed by atoms with Crippen LogP contribution in [0.15, 0.2) is 54.2 Å². The first-order valence-corrected chi connectivity index (χ1v) is 11.2. The van der Waals surface area contributed by atoms with Crippen LogP contribution in [0.3, 0.4) is 0 Å². The molecule has 3 aromatic rings. The van der Waals surface area contributed by atoms with E-state index in [1.165, 1.54) is 17.3 Å². The Morgan fingerprint density at radius 3 is 2.68 bits per heavy atom. The molecular weight excluding hydrogens is 432 g/mol. The molecule has 0 bridgehead atoms. The minimum Gasteiger partial charge on any atom is -0.485 e. The summed E-state index contributed by atoms with van der Waals surface area (Å²) in [6.45, 7) is 10.6. The molecule has 3 rings (SSSR count). The van der Waals surface area contributed by atoms with Crippen LogP contribution in [0.25, 0.3) is 0 Å². The first-order valence-electron chi connectivity index (χ1n) is 9.79. The van der Waals surface area contributed by atoms with E-state index in [2.05, 4.69) is 22.1 Å². The van der Waals surface area contributed by atoms with Crippen LogP contribution in [0.4, 0.5) is 5.69 Å². The molecule has 1 aromatic heterocycles. The molecule has 1 heterocycles. The molecular formula is C23H25ClN4O2S. The Morgan fingerprint density at radius 2 is 1.97 bits per heavy atom. The van der Waals surface area contributed by atoms with E-state index in [9.17, 15) is 4.79 Å². The number of carbonyl (C=O) groups is 1. The molecule has 1 amide bonds. The Hall–Kier alpha value is -2.77. The lowest BCUT2D eigenvalue weighted by atomic mass is 10.1. The number of thioether (sulfide) groups is 1. The lowest BCUT2D eigenvalue weighted by Crippen LogP contribution is -2.15. The van der Waals surface area contributed by atoms with E-state index in [-0.39, 0.29) is 18.3 Å². The number of ether oxygens (including phenoxy) is 1. The number of allylic oxidation sites excluding steroid dienone is 1. The van der Waals surface area contributed by atoms with Crippen LogP contribution in [0.2, 0.25) is 5.02 Å². The average Bonchev–Trinajstić information content (AvgIpc) is 3.10. The van der Waals surface area contributed by atoms with Gasteiger partial charge in [-0.05, 0) is 67.8 Å². The molecule has 1 N–H and O–H groups in total. The van der Waals surface area contributed by atoms with Crippen molar-refractivity contribution in [1.29, 1.82) is 0 Å². The maximum atomic E-state index is 12.4.